The molecule has 1 aliphatic rings. The SMILES string of the molecule is N#Cc1ccc(NC(=O)CCN2CCN(CCO)CC2)cc1. The lowest BCUT2D eigenvalue weighted by Crippen LogP contribution is -2.47. The van der Waals surface area contributed by atoms with Gasteiger partial charge in [0.05, 0.1) is 18.2 Å². The van der Waals surface area contributed by atoms with E-state index in [9.17, 15) is 4.79 Å². The van der Waals surface area contributed by atoms with Crippen LogP contribution in [0.2, 0.25) is 0 Å². The quantitative estimate of drug-likeness (QED) is 0.800. The molecule has 1 heterocycles. The Morgan fingerprint density at radius 1 is 1.14 bits per heavy atom. The third kappa shape index (κ3) is 5.11. The summed E-state index contributed by atoms with van der Waals surface area (Å²) in [4.78, 5) is 16.4. The number of hydrogen-bond acceptors (Lipinski definition) is 5. The van der Waals surface area contributed by atoms with Crippen molar-refractivity contribution in [1.29, 1.82) is 5.26 Å². The van der Waals surface area contributed by atoms with Gasteiger partial charge < -0.3 is 15.3 Å². The minimum atomic E-state index is -0.0116. The van der Waals surface area contributed by atoms with Gasteiger partial charge in [0, 0.05) is 51.4 Å². The molecule has 0 saturated carbocycles. The lowest BCUT2D eigenvalue weighted by Gasteiger charge is -2.34. The van der Waals surface area contributed by atoms with Gasteiger partial charge in [-0.25, -0.2) is 0 Å². The van der Waals surface area contributed by atoms with E-state index in [1.807, 2.05) is 6.07 Å². The minimum Gasteiger partial charge on any atom is -0.395 e. The molecule has 1 amide bonds. The van der Waals surface area contributed by atoms with Crippen molar-refractivity contribution in [2.45, 2.75) is 6.42 Å². The maximum atomic E-state index is 11.9. The number of rotatable bonds is 6. The zero-order valence-electron chi connectivity index (χ0n) is 12.7. The number of hydrogen-bond donors (Lipinski definition) is 2. The molecule has 2 rings (SSSR count). The second-order valence-electron chi connectivity index (χ2n) is 5.39. The first-order chi connectivity index (χ1) is 10.7. The number of anilines is 1. The van der Waals surface area contributed by atoms with Crippen LogP contribution in [0.25, 0.3) is 0 Å². The van der Waals surface area contributed by atoms with Crippen molar-refractivity contribution >= 4 is 11.6 Å². The van der Waals surface area contributed by atoms with Gasteiger partial charge in [-0.05, 0) is 24.3 Å². The molecule has 22 heavy (non-hydrogen) atoms. The Kier molecular flexibility index (Phi) is 6.34. The molecule has 2 N–H and O–H groups in total. The zero-order valence-corrected chi connectivity index (χ0v) is 12.7. The summed E-state index contributed by atoms with van der Waals surface area (Å²) in [7, 11) is 0. The van der Waals surface area contributed by atoms with E-state index in [1.165, 1.54) is 0 Å². The fourth-order valence-electron chi connectivity index (χ4n) is 2.49. The van der Waals surface area contributed by atoms with Gasteiger partial charge in [-0.15, -0.1) is 0 Å². The summed E-state index contributed by atoms with van der Waals surface area (Å²) < 4.78 is 0. The largest absolute Gasteiger partial charge is 0.395 e. The molecular formula is C16H22N4O2. The summed E-state index contributed by atoms with van der Waals surface area (Å²) in [5.74, 6) is -0.0116. The number of β-amino-alcohol motifs (C(OH)–C–C–N with tert-alkyl or cyclic N) is 1. The van der Waals surface area contributed by atoms with Crippen LogP contribution in [0.4, 0.5) is 5.69 Å². The molecule has 1 saturated heterocycles. The van der Waals surface area contributed by atoms with Crippen molar-refractivity contribution in [1.82, 2.24) is 9.80 Å². The highest BCUT2D eigenvalue weighted by Crippen LogP contribution is 2.09. The van der Waals surface area contributed by atoms with Gasteiger partial charge in [0.1, 0.15) is 0 Å². The normalized spacial score (nSPS) is 16.2. The summed E-state index contributed by atoms with van der Waals surface area (Å²) >= 11 is 0. The molecule has 6 heteroatoms. The molecule has 1 aliphatic heterocycles. The topological polar surface area (TPSA) is 79.6 Å². The van der Waals surface area contributed by atoms with E-state index in [0.29, 0.717) is 12.0 Å². The van der Waals surface area contributed by atoms with Gasteiger partial charge in [-0.3, -0.25) is 9.69 Å². The Morgan fingerprint density at radius 2 is 1.73 bits per heavy atom. The number of nitriles is 1. The van der Waals surface area contributed by atoms with Crippen molar-refractivity contribution < 1.29 is 9.90 Å². The van der Waals surface area contributed by atoms with Gasteiger partial charge >= 0.3 is 0 Å². The smallest absolute Gasteiger partial charge is 0.225 e. The Bertz CT molecular complexity index is 516. The molecule has 0 aliphatic carbocycles. The first kappa shape index (κ1) is 16.4. The molecule has 1 aromatic rings. The fourth-order valence-corrected chi connectivity index (χ4v) is 2.49. The van der Waals surface area contributed by atoms with Crippen LogP contribution in [0, 0.1) is 11.3 Å². The van der Waals surface area contributed by atoms with Gasteiger partial charge in [0.25, 0.3) is 0 Å². The number of aliphatic hydroxyl groups excluding tert-OH is 1. The number of benzene rings is 1. The van der Waals surface area contributed by atoms with Crippen LogP contribution in [0.5, 0.6) is 0 Å². The van der Waals surface area contributed by atoms with E-state index >= 15 is 0 Å². The van der Waals surface area contributed by atoms with Crippen molar-refractivity contribution in [3.63, 3.8) is 0 Å². The first-order valence-electron chi connectivity index (χ1n) is 7.57. The van der Waals surface area contributed by atoms with E-state index < -0.39 is 0 Å². The van der Waals surface area contributed by atoms with Crippen LogP contribution in [0.15, 0.2) is 24.3 Å². The summed E-state index contributed by atoms with van der Waals surface area (Å²) in [6.45, 7) is 5.43. The van der Waals surface area contributed by atoms with E-state index in [0.717, 1.165) is 45.0 Å². The molecule has 0 aromatic heterocycles. The standard InChI is InChI=1S/C16H22N4O2/c17-13-14-1-3-15(4-2-14)18-16(22)5-6-19-7-9-20(10-8-19)11-12-21/h1-4,21H,5-12H2,(H,18,22). The molecule has 1 fully saturated rings. The van der Waals surface area contributed by atoms with Crippen molar-refractivity contribution in [3.8, 4) is 6.07 Å². The monoisotopic (exact) mass is 302 g/mol. The van der Waals surface area contributed by atoms with Gasteiger partial charge in [0.15, 0.2) is 0 Å². The zero-order chi connectivity index (χ0) is 15.8. The highest BCUT2D eigenvalue weighted by molar-refractivity contribution is 5.90. The summed E-state index contributed by atoms with van der Waals surface area (Å²) in [5.41, 5.74) is 1.30. The number of amides is 1. The van der Waals surface area contributed by atoms with Crippen molar-refractivity contribution in [2.75, 3.05) is 51.2 Å². The average molecular weight is 302 g/mol. The van der Waals surface area contributed by atoms with Gasteiger partial charge in [-0.2, -0.15) is 5.26 Å². The molecule has 0 unspecified atom stereocenters. The molecule has 118 valence electrons. The first-order valence-corrected chi connectivity index (χ1v) is 7.57. The second kappa shape index (κ2) is 8.49. The van der Waals surface area contributed by atoms with Gasteiger partial charge in [0.2, 0.25) is 5.91 Å². The third-order valence-corrected chi connectivity index (χ3v) is 3.83. The Hall–Kier alpha value is -1.94. The van der Waals surface area contributed by atoms with E-state index in [1.54, 1.807) is 24.3 Å². The lowest BCUT2D eigenvalue weighted by molar-refractivity contribution is -0.116. The van der Waals surface area contributed by atoms with E-state index in [4.69, 9.17) is 10.4 Å². The molecule has 0 bridgehead atoms. The van der Waals surface area contributed by atoms with Crippen LogP contribution in [0.3, 0.4) is 0 Å². The average Bonchev–Trinajstić information content (AvgIpc) is 2.55. The predicted octanol–water partition coefficient (Wildman–Crippen LogP) is 0.497. The minimum absolute atomic E-state index is 0.0116. The molecule has 0 radical (unpaired) electrons. The predicted molar refractivity (Wildman–Crippen MR) is 84.4 cm³/mol. The third-order valence-electron chi connectivity index (χ3n) is 3.83. The number of carbonyl (C=O) groups excluding carboxylic acids is 1. The number of nitrogens with zero attached hydrogens (tertiary/aromatic N) is 3. The number of piperazine rings is 1. The second-order valence-corrected chi connectivity index (χ2v) is 5.39. The van der Waals surface area contributed by atoms with Crippen molar-refractivity contribution in [2.24, 2.45) is 0 Å². The molecular weight excluding hydrogens is 280 g/mol. The summed E-state index contributed by atoms with van der Waals surface area (Å²) in [6.07, 6.45) is 0.458. The number of aliphatic hydroxyl groups is 1. The molecule has 6 nitrogen and oxygen atoms in total. The maximum Gasteiger partial charge on any atom is 0.225 e. The highest BCUT2D eigenvalue weighted by Gasteiger charge is 2.16. The number of carbonyl (C=O) groups is 1. The molecule has 0 spiro atoms. The molecule has 1 aromatic carbocycles. The van der Waals surface area contributed by atoms with Crippen molar-refractivity contribution in [3.05, 3.63) is 29.8 Å². The lowest BCUT2D eigenvalue weighted by atomic mass is 10.2. The summed E-state index contributed by atoms with van der Waals surface area (Å²) in [5, 5.41) is 20.5. The van der Waals surface area contributed by atoms with Crippen LogP contribution in [-0.4, -0.2) is 66.7 Å². The van der Waals surface area contributed by atoms with E-state index in [-0.39, 0.29) is 12.5 Å². The van der Waals surface area contributed by atoms with Crippen LogP contribution in [0.1, 0.15) is 12.0 Å². The Balaban J connectivity index is 1.68. The van der Waals surface area contributed by atoms with E-state index in [2.05, 4.69) is 15.1 Å². The summed E-state index contributed by atoms with van der Waals surface area (Å²) in [6, 6.07) is 8.91. The fraction of sp³-hybridized carbons (Fsp3) is 0.500. The van der Waals surface area contributed by atoms with Crippen LogP contribution in [-0.2, 0) is 4.79 Å². The molecule has 0 atom stereocenters. The van der Waals surface area contributed by atoms with Gasteiger partial charge in [-0.1, -0.05) is 0 Å². The number of nitrogens with one attached hydrogen (secondary N) is 1. The highest BCUT2D eigenvalue weighted by atomic mass is 16.3. The maximum absolute atomic E-state index is 11.9. The van der Waals surface area contributed by atoms with Crippen LogP contribution >= 0.6 is 0 Å². The Morgan fingerprint density at radius 3 is 2.27 bits per heavy atom. The Labute approximate surface area is 130 Å². The van der Waals surface area contributed by atoms with Crippen LogP contribution < -0.4 is 5.32 Å².